The molecule has 9 heteroatoms. The third-order valence-electron chi connectivity index (χ3n) is 2.81. The SMILES string of the molecule is CCC(Nc1cncc(OC(C)C)n1)c1nc(C(F)(F)F)cs1. The molecule has 0 radical (unpaired) electrons. The number of hydrogen-bond donors (Lipinski definition) is 1. The van der Waals surface area contributed by atoms with E-state index in [4.69, 9.17) is 4.74 Å². The minimum atomic E-state index is -4.43. The zero-order chi connectivity index (χ0) is 17.0. The third-order valence-corrected chi connectivity index (χ3v) is 3.77. The minimum Gasteiger partial charge on any atom is -0.474 e. The van der Waals surface area contributed by atoms with Gasteiger partial charge in [-0.2, -0.15) is 18.2 Å². The number of alkyl halides is 3. The van der Waals surface area contributed by atoms with Crippen LogP contribution in [0.25, 0.3) is 0 Å². The highest BCUT2D eigenvalue weighted by Crippen LogP contribution is 2.33. The first kappa shape index (κ1) is 17.5. The van der Waals surface area contributed by atoms with Gasteiger partial charge in [0.2, 0.25) is 5.88 Å². The molecule has 5 nitrogen and oxygen atoms in total. The van der Waals surface area contributed by atoms with Gasteiger partial charge in [-0.05, 0) is 20.3 Å². The highest BCUT2D eigenvalue weighted by molar-refractivity contribution is 7.09. The first-order valence-corrected chi connectivity index (χ1v) is 7.95. The lowest BCUT2D eigenvalue weighted by Crippen LogP contribution is -2.13. The molecule has 2 aromatic heterocycles. The number of rotatable bonds is 6. The molecule has 1 atom stereocenters. The number of aromatic nitrogens is 3. The fraction of sp³-hybridized carbons (Fsp3) is 0.500. The van der Waals surface area contributed by atoms with E-state index in [-0.39, 0.29) is 12.1 Å². The lowest BCUT2D eigenvalue weighted by molar-refractivity contribution is -0.140. The van der Waals surface area contributed by atoms with Crippen LogP contribution in [0.2, 0.25) is 0 Å². The van der Waals surface area contributed by atoms with Gasteiger partial charge in [0.05, 0.1) is 24.5 Å². The van der Waals surface area contributed by atoms with Gasteiger partial charge in [0.15, 0.2) is 5.69 Å². The van der Waals surface area contributed by atoms with Gasteiger partial charge in [-0.15, -0.1) is 11.3 Å². The number of nitrogens with zero attached hydrogens (tertiary/aromatic N) is 3. The standard InChI is InChI=1S/C14H17F3N4OS/c1-4-9(13-20-10(7-23-13)14(15,16)17)19-11-5-18-6-12(21-11)22-8(2)3/h5-9H,4H2,1-3H3,(H,19,21). The first-order valence-electron chi connectivity index (χ1n) is 7.07. The van der Waals surface area contributed by atoms with Gasteiger partial charge in [0.25, 0.3) is 0 Å². The minimum absolute atomic E-state index is 0.0465. The zero-order valence-electron chi connectivity index (χ0n) is 12.9. The van der Waals surface area contributed by atoms with Crippen molar-refractivity contribution >= 4 is 17.2 Å². The molecule has 0 aromatic carbocycles. The smallest absolute Gasteiger partial charge is 0.434 e. The average Bonchev–Trinajstić information content (AvgIpc) is 2.94. The van der Waals surface area contributed by atoms with E-state index in [1.807, 2.05) is 20.8 Å². The van der Waals surface area contributed by atoms with Crippen LogP contribution in [0.3, 0.4) is 0 Å². The second-order valence-electron chi connectivity index (χ2n) is 5.08. The van der Waals surface area contributed by atoms with E-state index in [0.29, 0.717) is 23.1 Å². The van der Waals surface area contributed by atoms with Crippen molar-refractivity contribution in [1.82, 2.24) is 15.0 Å². The summed E-state index contributed by atoms with van der Waals surface area (Å²) >= 11 is 0.970. The van der Waals surface area contributed by atoms with E-state index in [1.165, 1.54) is 12.4 Å². The molecule has 0 aliphatic heterocycles. The summed E-state index contributed by atoms with van der Waals surface area (Å²) < 4.78 is 43.4. The molecular weight excluding hydrogens is 329 g/mol. The fourth-order valence-electron chi connectivity index (χ4n) is 1.81. The van der Waals surface area contributed by atoms with Gasteiger partial charge >= 0.3 is 6.18 Å². The maximum absolute atomic E-state index is 12.7. The summed E-state index contributed by atoms with van der Waals surface area (Å²) in [5, 5.41) is 4.43. The molecule has 0 fully saturated rings. The van der Waals surface area contributed by atoms with Crippen LogP contribution in [-0.4, -0.2) is 21.1 Å². The van der Waals surface area contributed by atoms with E-state index >= 15 is 0 Å². The Morgan fingerprint density at radius 2 is 2.00 bits per heavy atom. The molecule has 0 aliphatic carbocycles. The molecule has 0 saturated carbocycles. The molecule has 2 rings (SSSR count). The number of thiazole rings is 1. The molecular formula is C14H17F3N4OS. The van der Waals surface area contributed by atoms with Crippen LogP contribution in [0.1, 0.15) is 43.9 Å². The lowest BCUT2D eigenvalue weighted by atomic mass is 10.2. The number of anilines is 1. The predicted molar refractivity (Wildman–Crippen MR) is 81.6 cm³/mol. The normalized spacial score (nSPS) is 13.2. The van der Waals surface area contributed by atoms with Crippen LogP contribution in [0, 0.1) is 0 Å². The molecule has 23 heavy (non-hydrogen) atoms. The Bertz CT molecular complexity index is 645. The summed E-state index contributed by atoms with van der Waals surface area (Å²) in [7, 11) is 0. The molecule has 1 N–H and O–H groups in total. The van der Waals surface area contributed by atoms with E-state index in [9.17, 15) is 13.2 Å². The highest BCUT2D eigenvalue weighted by Gasteiger charge is 2.34. The van der Waals surface area contributed by atoms with Gasteiger partial charge in [-0.3, -0.25) is 4.98 Å². The Balaban J connectivity index is 2.15. The number of halogens is 3. The van der Waals surface area contributed by atoms with Crippen LogP contribution in [0.4, 0.5) is 19.0 Å². The summed E-state index contributed by atoms with van der Waals surface area (Å²) in [5.41, 5.74) is -0.874. The summed E-state index contributed by atoms with van der Waals surface area (Å²) in [4.78, 5) is 11.9. The number of ether oxygens (including phenoxy) is 1. The van der Waals surface area contributed by atoms with Crippen molar-refractivity contribution in [2.75, 3.05) is 5.32 Å². The van der Waals surface area contributed by atoms with E-state index in [0.717, 1.165) is 16.7 Å². The van der Waals surface area contributed by atoms with Crippen molar-refractivity contribution in [2.45, 2.75) is 45.5 Å². The summed E-state index contributed by atoms with van der Waals surface area (Å²) in [5.74, 6) is 0.786. The Labute approximate surface area is 136 Å². The van der Waals surface area contributed by atoms with E-state index in [2.05, 4.69) is 20.3 Å². The maximum atomic E-state index is 12.7. The van der Waals surface area contributed by atoms with Crippen molar-refractivity contribution in [2.24, 2.45) is 0 Å². The van der Waals surface area contributed by atoms with Gasteiger partial charge in [-0.25, -0.2) is 4.98 Å². The third kappa shape index (κ3) is 4.78. The van der Waals surface area contributed by atoms with Crippen molar-refractivity contribution in [3.8, 4) is 5.88 Å². The second-order valence-corrected chi connectivity index (χ2v) is 5.97. The number of nitrogens with one attached hydrogen (secondary N) is 1. The quantitative estimate of drug-likeness (QED) is 0.845. The van der Waals surface area contributed by atoms with E-state index in [1.54, 1.807) is 0 Å². The summed E-state index contributed by atoms with van der Waals surface area (Å²) in [6, 6.07) is -0.375. The molecule has 0 saturated heterocycles. The predicted octanol–water partition coefficient (Wildman–Crippen LogP) is 4.30. The van der Waals surface area contributed by atoms with Crippen molar-refractivity contribution in [1.29, 1.82) is 0 Å². The van der Waals surface area contributed by atoms with Gasteiger partial charge < -0.3 is 10.1 Å². The van der Waals surface area contributed by atoms with Crippen LogP contribution in [0.5, 0.6) is 5.88 Å². The van der Waals surface area contributed by atoms with Gasteiger partial charge in [0, 0.05) is 5.38 Å². The van der Waals surface area contributed by atoms with Crippen LogP contribution in [-0.2, 0) is 6.18 Å². The monoisotopic (exact) mass is 346 g/mol. The number of hydrogen-bond acceptors (Lipinski definition) is 6. The van der Waals surface area contributed by atoms with Crippen molar-refractivity contribution < 1.29 is 17.9 Å². The van der Waals surface area contributed by atoms with Crippen LogP contribution in [0.15, 0.2) is 17.8 Å². The Morgan fingerprint density at radius 1 is 1.26 bits per heavy atom. The molecule has 0 amide bonds. The first-order chi connectivity index (χ1) is 10.8. The maximum Gasteiger partial charge on any atom is 0.434 e. The highest BCUT2D eigenvalue weighted by atomic mass is 32.1. The average molecular weight is 346 g/mol. The fourth-order valence-corrected chi connectivity index (χ4v) is 2.77. The molecule has 0 aliphatic rings. The molecule has 0 spiro atoms. The Hall–Kier alpha value is -1.90. The molecule has 2 aromatic rings. The molecule has 1 unspecified atom stereocenters. The zero-order valence-corrected chi connectivity index (χ0v) is 13.7. The van der Waals surface area contributed by atoms with Gasteiger partial charge in [-0.1, -0.05) is 6.92 Å². The Morgan fingerprint density at radius 3 is 2.57 bits per heavy atom. The van der Waals surface area contributed by atoms with Crippen LogP contribution < -0.4 is 10.1 Å². The van der Waals surface area contributed by atoms with Crippen molar-refractivity contribution in [3.63, 3.8) is 0 Å². The molecule has 0 bridgehead atoms. The molecule has 126 valence electrons. The van der Waals surface area contributed by atoms with E-state index < -0.39 is 11.9 Å². The topological polar surface area (TPSA) is 59.9 Å². The van der Waals surface area contributed by atoms with Gasteiger partial charge in [0.1, 0.15) is 10.8 Å². The van der Waals surface area contributed by atoms with Crippen LogP contribution >= 0.6 is 11.3 Å². The largest absolute Gasteiger partial charge is 0.474 e. The second kappa shape index (κ2) is 7.12. The van der Waals surface area contributed by atoms with Crippen molar-refractivity contribution in [3.05, 3.63) is 28.5 Å². The summed E-state index contributed by atoms with van der Waals surface area (Å²) in [6.45, 7) is 5.59. The lowest BCUT2D eigenvalue weighted by Gasteiger charge is -2.16. The summed E-state index contributed by atoms with van der Waals surface area (Å²) in [6.07, 6.45) is -0.944. The molecule has 2 heterocycles. The Kier molecular flexibility index (Phi) is 5.40.